The average Bonchev–Trinajstić information content (AvgIpc) is 3.21. The van der Waals surface area contributed by atoms with Gasteiger partial charge in [0.2, 0.25) is 0 Å². The van der Waals surface area contributed by atoms with Crippen LogP contribution in [-0.2, 0) is 19.4 Å². The molecule has 1 aliphatic carbocycles. The number of nitrogens with zero attached hydrogens (tertiary/aromatic N) is 5. The van der Waals surface area contributed by atoms with Gasteiger partial charge in [-0.3, -0.25) is 9.58 Å². The molecule has 7 nitrogen and oxygen atoms in total. The Balaban J connectivity index is 1.22. The van der Waals surface area contributed by atoms with Crippen LogP contribution in [0.3, 0.4) is 0 Å². The van der Waals surface area contributed by atoms with E-state index >= 15 is 0 Å². The number of carbonyl (C=O) groups is 1. The van der Waals surface area contributed by atoms with Gasteiger partial charge in [0.05, 0.1) is 12.7 Å². The number of hydrogen-bond acceptors (Lipinski definition) is 4. The summed E-state index contributed by atoms with van der Waals surface area (Å²) in [6.45, 7) is 4.74. The first kappa shape index (κ1) is 17.0. The molecular formula is C19H26N6O. The summed E-state index contributed by atoms with van der Waals surface area (Å²) in [5, 5.41) is 10.6. The molecule has 2 aliphatic rings. The molecule has 2 amide bonds. The average molecular weight is 354 g/mol. The fourth-order valence-electron chi connectivity index (χ4n) is 4.02. The zero-order chi connectivity index (χ0) is 17.8. The first-order valence-corrected chi connectivity index (χ1v) is 9.47. The number of aryl methyl sites for hydroxylation is 1. The zero-order valence-electron chi connectivity index (χ0n) is 15.0. The fraction of sp³-hybridized carbons (Fsp3) is 0.526. The SMILES string of the molecule is O=C(NCCn1ccnn1)N1CCN([C@@H]2CCc3ccccc3C2)CC1. The highest BCUT2D eigenvalue weighted by molar-refractivity contribution is 5.74. The predicted molar refractivity (Wildman–Crippen MR) is 98.8 cm³/mol. The Morgan fingerprint density at radius 2 is 1.96 bits per heavy atom. The quantitative estimate of drug-likeness (QED) is 0.895. The van der Waals surface area contributed by atoms with E-state index in [-0.39, 0.29) is 6.03 Å². The number of benzene rings is 1. The summed E-state index contributed by atoms with van der Waals surface area (Å²) in [5.41, 5.74) is 3.01. The van der Waals surface area contributed by atoms with Crippen molar-refractivity contribution in [1.82, 2.24) is 30.1 Å². The molecule has 1 atom stereocenters. The molecule has 1 saturated heterocycles. The molecule has 26 heavy (non-hydrogen) atoms. The van der Waals surface area contributed by atoms with Gasteiger partial charge in [-0.15, -0.1) is 5.10 Å². The molecule has 0 bridgehead atoms. The van der Waals surface area contributed by atoms with Crippen molar-refractivity contribution in [3.8, 4) is 0 Å². The number of nitrogens with one attached hydrogen (secondary N) is 1. The molecule has 4 rings (SSSR count). The maximum atomic E-state index is 12.3. The topological polar surface area (TPSA) is 66.3 Å². The number of amides is 2. The van der Waals surface area contributed by atoms with Gasteiger partial charge in [-0.25, -0.2) is 4.79 Å². The Morgan fingerprint density at radius 1 is 1.15 bits per heavy atom. The van der Waals surface area contributed by atoms with Gasteiger partial charge in [-0.05, 0) is 30.4 Å². The molecule has 0 spiro atoms. The molecule has 1 aromatic carbocycles. The molecule has 0 unspecified atom stereocenters. The molecule has 2 aromatic rings. The summed E-state index contributed by atoms with van der Waals surface area (Å²) in [6, 6.07) is 9.44. The van der Waals surface area contributed by atoms with Gasteiger partial charge in [0.1, 0.15) is 0 Å². The zero-order valence-corrected chi connectivity index (χ0v) is 15.0. The lowest BCUT2D eigenvalue weighted by Gasteiger charge is -2.41. The summed E-state index contributed by atoms with van der Waals surface area (Å²) in [5.74, 6) is 0. The van der Waals surface area contributed by atoms with Gasteiger partial charge in [-0.1, -0.05) is 29.5 Å². The second-order valence-electron chi connectivity index (χ2n) is 7.09. The maximum absolute atomic E-state index is 12.3. The van der Waals surface area contributed by atoms with Crippen molar-refractivity contribution in [2.45, 2.75) is 31.8 Å². The molecule has 1 aliphatic heterocycles. The lowest BCUT2D eigenvalue weighted by atomic mass is 9.87. The second kappa shape index (κ2) is 7.86. The molecule has 1 N–H and O–H groups in total. The van der Waals surface area contributed by atoms with Crippen LogP contribution in [0, 0.1) is 0 Å². The maximum Gasteiger partial charge on any atom is 0.317 e. The van der Waals surface area contributed by atoms with Gasteiger partial charge in [0.25, 0.3) is 0 Å². The van der Waals surface area contributed by atoms with Crippen LogP contribution in [0.2, 0.25) is 0 Å². The van der Waals surface area contributed by atoms with Gasteiger partial charge in [0, 0.05) is 45.0 Å². The number of aromatic nitrogens is 3. The minimum absolute atomic E-state index is 0.0266. The van der Waals surface area contributed by atoms with E-state index in [1.54, 1.807) is 17.1 Å². The van der Waals surface area contributed by atoms with Gasteiger partial charge < -0.3 is 10.2 Å². The van der Waals surface area contributed by atoms with E-state index in [0.29, 0.717) is 19.1 Å². The third-order valence-corrected chi connectivity index (χ3v) is 5.53. The highest BCUT2D eigenvalue weighted by Crippen LogP contribution is 2.25. The van der Waals surface area contributed by atoms with Crippen molar-refractivity contribution < 1.29 is 4.79 Å². The van der Waals surface area contributed by atoms with Crippen molar-refractivity contribution in [2.24, 2.45) is 0 Å². The highest BCUT2D eigenvalue weighted by Gasteiger charge is 2.28. The Labute approximate surface area is 154 Å². The number of urea groups is 1. The van der Waals surface area contributed by atoms with Gasteiger partial charge in [-0.2, -0.15) is 0 Å². The van der Waals surface area contributed by atoms with Crippen LogP contribution in [-0.4, -0.2) is 69.6 Å². The Bertz CT molecular complexity index is 723. The van der Waals surface area contributed by atoms with E-state index < -0.39 is 0 Å². The van der Waals surface area contributed by atoms with E-state index in [1.807, 2.05) is 4.90 Å². The molecule has 1 aromatic heterocycles. The second-order valence-corrected chi connectivity index (χ2v) is 7.09. The Kier molecular flexibility index (Phi) is 5.15. The normalized spacial score (nSPS) is 20.6. The van der Waals surface area contributed by atoms with E-state index in [0.717, 1.165) is 32.6 Å². The van der Waals surface area contributed by atoms with Crippen LogP contribution in [0.15, 0.2) is 36.7 Å². The molecule has 138 valence electrons. The first-order chi connectivity index (χ1) is 12.8. The van der Waals surface area contributed by atoms with E-state index in [4.69, 9.17) is 0 Å². The molecule has 2 heterocycles. The predicted octanol–water partition coefficient (Wildman–Crippen LogP) is 1.16. The summed E-state index contributed by atoms with van der Waals surface area (Å²) < 4.78 is 1.72. The van der Waals surface area contributed by atoms with Crippen molar-refractivity contribution in [2.75, 3.05) is 32.7 Å². The van der Waals surface area contributed by atoms with Crippen LogP contribution in [0.5, 0.6) is 0 Å². The first-order valence-electron chi connectivity index (χ1n) is 9.47. The summed E-state index contributed by atoms with van der Waals surface area (Å²) >= 11 is 0. The number of rotatable bonds is 4. The van der Waals surface area contributed by atoms with E-state index in [9.17, 15) is 4.79 Å². The van der Waals surface area contributed by atoms with Crippen LogP contribution in [0.1, 0.15) is 17.5 Å². The van der Waals surface area contributed by atoms with Gasteiger partial charge in [0.15, 0.2) is 0 Å². The lowest BCUT2D eigenvalue weighted by molar-refractivity contribution is 0.101. The number of piperazine rings is 1. The van der Waals surface area contributed by atoms with Crippen molar-refractivity contribution in [3.05, 3.63) is 47.8 Å². The van der Waals surface area contributed by atoms with Gasteiger partial charge >= 0.3 is 6.03 Å². The number of carbonyl (C=O) groups excluding carboxylic acids is 1. The van der Waals surface area contributed by atoms with E-state index in [2.05, 4.69) is 44.8 Å². The van der Waals surface area contributed by atoms with Crippen molar-refractivity contribution >= 4 is 6.03 Å². The van der Waals surface area contributed by atoms with Crippen molar-refractivity contribution in [3.63, 3.8) is 0 Å². The minimum atomic E-state index is 0.0266. The van der Waals surface area contributed by atoms with Crippen LogP contribution >= 0.6 is 0 Å². The minimum Gasteiger partial charge on any atom is -0.336 e. The largest absolute Gasteiger partial charge is 0.336 e. The third-order valence-electron chi connectivity index (χ3n) is 5.53. The summed E-state index contributed by atoms with van der Waals surface area (Å²) in [7, 11) is 0. The smallest absolute Gasteiger partial charge is 0.317 e. The van der Waals surface area contributed by atoms with E-state index in [1.165, 1.54) is 24.0 Å². The molecular weight excluding hydrogens is 328 g/mol. The molecule has 0 radical (unpaired) electrons. The van der Waals surface area contributed by atoms with Crippen molar-refractivity contribution in [1.29, 1.82) is 0 Å². The Morgan fingerprint density at radius 3 is 2.73 bits per heavy atom. The lowest BCUT2D eigenvalue weighted by Crippen LogP contribution is -2.55. The number of hydrogen-bond donors (Lipinski definition) is 1. The van der Waals surface area contributed by atoms with Crippen LogP contribution < -0.4 is 5.32 Å². The molecule has 0 saturated carbocycles. The number of fused-ring (bicyclic) bond motifs is 1. The summed E-state index contributed by atoms with van der Waals surface area (Å²) in [4.78, 5) is 16.8. The Hall–Kier alpha value is -2.41. The summed E-state index contributed by atoms with van der Waals surface area (Å²) in [6.07, 6.45) is 6.98. The standard InChI is InChI=1S/C19H26N6O/c26-19(20-7-9-25-10-8-21-22-25)24-13-11-23(12-14-24)18-6-5-16-3-1-2-4-17(16)15-18/h1-4,8,10,18H,5-7,9,11-15H2,(H,20,26)/t18-/m1/s1. The molecule has 1 fully saturated rings. The fourth-order valence-corrected chi connectivity index (χ4v) is 4.02. The van der Waals surface area contributed by atoms with Crippen LogP contribution in [0.25, 0.3) is 0 Å². The monoisotopic (exact) mass is 354 g/mol. The highest BCUT2D eigenvalue weighted by atomic mass is 16.2. The molecule has 7 heteroatoms. The van der Waals surface area contributed by atoms with Crippen LogP contribution in [0.4, 0.5) is 4.79 Å². The third kappa shape index (κ3) is 3.88.